The Kier molecular flexibility index (Phi) is 4.91. The molecule has 1 aliphatic heterocycles. The quantitative estimate of drug-likeness (QED) is 0.406. The first-order chi connectivity index (χ1) is 14.3. The molecular formula is C26H26N2O. The molecule has 29 heavy (non-hydrogen) atoms. The molecule has 4 aromatic rings. The van der Waals surface area contributed by atoms with Crippen LogP contribution in [0.25, 0.3) is 33.6 Å². The maximum absolute atomic E-state index is 6.23. The number of likely N-dealkylation sites (tertiary alicyclic amines) is 1. The van der Waals surface area contributed by atoms with Gasteiger partial charge in [-0.1, -0.05) is 55.0 Å². The third kappa shape index (κ3) is 3.70. The summed E-state index contributed by atoms with van der Waals surface area (Å²) in [6.45, 7) is 5.43. The van der Waals surface area contributed by atoms with Crippen molar-refractivity contribution in [2.75, 3.05) is 13.1 Å². The van der Waals surface area contributed by atoms with Crippen molar-refractivity contribution < 1.29 is 4.42 Å². The first-order valence-corrected chi connectivity index (χ1v) is 10.6. The number of rotatable bonds is 4. The van der Waals surface area contributed by atoms with Gasteiger partial charge in [0, 0.05) is 17.5 Å². The van der Waals surface area contributed by atoms with E-state index in [-0.39, 0.29) is 0 Å². The summed E-state index contributed by atoms with van der Waals surface area (Å²) in [6, 6.07) is 23.3. The van der Waals surface area contributed by atoms with E-state index in [9.17, 15) is 0 Å². The molecular weight excluding hydrogens is 356 g/mol. The van der Waals surface area contributed by atoms with E-state index >= 15 is 0 Å². The van der Waals surface area contributed by atoms with Crippen molar-refractivity contribution in [2.24, 2.45) is 0 Å². The number of piperidine rings is 1. The number of furan rings is 1. The summed E-state index contributed by atoms with van der Waals surface area (Å²) in [5.74, 6) is 0.887. The lowest BCUT2D eigenvalue weighted by atomic mass is 9.95. The van der Waals surface area contributed by atoms with Crippen LogP contribution in [0.4, 0.5) is 0 Å². The van der Waals surface area contributed by atoms with Crippen LogP contribution in [0.15, 0.2) is 71.1 Å². The first kappa shape index (κ1) is 18.1. The van der Waals surface area contributed by atoms with Crippen LogP contribution < -0.4 is 0 Å². The standard InChI is InChI=1S/C26H26N2O/c1-19-23(20-9-4-2-5-10-20)11-8-12-24(19)25-17-21-13-14-22(27-26(21)29-25)18-28-15-6-3-7-16-28/h2,4-5,8-14,17H,3,6-7,15-16,18H2,1H3. The van der Waals surface area contributed by atoms with Crippen LogP contribution in [0.3, 0.4) is 0 Å². The molecule has 1 fully saturated rings. The van der Waals surface area contributed by atoms with Crippen LogP contribution in [-0.4, -0.2) is 23.0 Å². The van der Waals surface area contributed by atoms with Crippen LogP contribution in [0.1, 0.15) is 30.5 Å². The maximum Gasteiger partial charge on any atom is 0.226 e. The van der Waals surface area contributed by atoms with Crippen molar-refractivity contribution >= 4 is 11.1 Å². The predicted molar refractivity (Wildman–Crippen MR) is 119 cm³/mol. The van der Waals surface area contributed by atoms with Crippen LogP contribution in [0.5, 0.6) is 0 Å². The lowest BCUT2D eigenvalue weighted by molar-refractivity contribution is 0.218. The van der Waals surface area contributed by atoms with Gasteiger partial charge in [0.1, 0.15) is 5.76 Å². The number of pyridine rings is 1. The molecule has 5 rings (SSSR count). The fraction of sp³-hybridized carbons (Fsp3) is 0.269. The van der Waals surface area contributed by atoms with Crippen molar-refractivity contribution in [3.8, 4) is 22.5 Å². The summed E-state index contributed by atoms with van der Waals surface area (Å²) in [4.78, 5) is 7.31. The molecule has 0 spiro atoms. The number of fused-ring (bicyclic) bond motifs is 1. The lowest BCUT2D eigenvalue weighted by Crippen LogP contribution is -2.29. The second-order valence-electron chi connectivity index (χ2n) is 7.99. The molecule has 2 aromatic carbocycles. The Morgan fingerprint density at radius 1 is 0.862 bits per heavy atom. The Balaban J connectivity index is 1.48. The van der Waals surface area contributed by atoms with E-state index < -0.39 is 0 Å². The number of aromatic nitrogens is 1. The minimum Gasteiger partial charge on any atom is -0.438 e. The number of hydrogen-bond donors (Lipinski definition) is 0. The molecule has 0 aliphatic carbocycles. The fourth-order valence-electron chi connectivity index (χ4n) is 4.36. The summed E-state index contributed by atoms with van der Waals surface area (Å²) >= 11 is 0. The monoisotopic (exact) mass is 382 g/mol. The molecule has 0 atom stereocenters. The van der Waals surface area contributed by atoms with E-state index in [0.29, 0.717) is 0 Å². The normalized spacial score (nSPS) is 15.1. The molecule has 146 valence electrons. The Hall–Kier alpha value is -2.91. The second kappa shape index (κ2) is 7.84. The lowest BCUT2D eigenvalue weighted by Gasteiger charge is -2.25. The SMILES string of the molecule is Cc1c(-c2ccccc2)cccc1-c1cc2ccc(CN3CCCCC3)nc2o1. The Bertz CT molecular complexity index is 1120. The van der Waals surface area contributed by atoms with Crippen molar-refractivity contribution in [3.05, 3.63) is 78.0 Å². The topological polar surface area (TPSA) is 29.3 Å². The second-order valence-corrected chi connectivity index (χ2v) is 7.99. The van der Waals surface area contributed by atoms with Gasteiger partial charge in [-0.15, -0.1) is 0 Å². The molecule has 3 heterocycles. The molecule has 0 N–H and O–H groups in total. The largest absolute Gasteiger partial charge is 0.438 e. The van der Waals surface area contributed by atoms with Crippen LogP contribution in [0.2, 0.25) is 0 Å². The van der Waals surface area contributed by atoms with E-state index in [1.807, 2.05) is 0 Å². The van der Waals surface area contributed by atoms with Gasteiger partial charge in [-0.05, 0) is 67.7 Å². The van der Waals surface area contributed by atoms with Gasteiger partial charge in [0.25, 0.3) is 0 Å². The molecule has 0 bridgehead atoms. The average Bonchev–Trinajstić information content (AvgIpc) is 3.18. The van der Waals surface area contributed by atoms with E-state index in [0.717, 1.165) is 34.7 Å². The van der Waals surface area contributed by atoms with E-state index in [4.69, 9.17) is 9.40 Å². The van der Waals surface area contributed by atoms with Crippen molar-refractivity contribution in [1.82, 2.24) is 9.88 Å². The highest BCUT2D eigenvalue weighted by atomic mass is 16.3. The van der Waals surface area contributed by atoms with Crippen LogP contribution in [0, 0.1) is 6.92 Å². The average molecular weight is 383 g/mol. The molecule has 1 aliphatic rings. The minimum atomic E-state index is 0.735. The van der Waals surface area contributed by atoms with Gasteiger partial charge in [0.05, 0.1) is 5.69 Å². The summed E-state index contributed by atoms with van der Waals surface area (Å²) in [7, 11) is 0. The third-order valence-electron chi connectivity index (χ3n) is 5.96. The van der Waals surface area contributed by atoms with E-state index in [1.165, 1.54) is 49.0 Å². The van der Waals surface area contributed by atoms with Crippen LogP contribution >= 0.6 is 0 Å². The van der Waals surface area contributed by atoms with Crippen molar-refractivity contribution in [2.45, 2.75) is 32.7 Å². The Labute approximate surface area is 172 Å². The van der Waals surface area contributed by atoms with Crippen LogP contribution in [-0.2, 0) is 6.54 Å². The third-order valence-corrected chi connectivity index (χ3v) is 5.96. The van der Waals surface area contributed by atoms with Crippen molar-refractivity contribution in [1.29, 1.82) is 0 Å². The van der Waals surface area contributed by atoms with Gasteiger partial charge in [-0.3, -0.25) is 4.90 Å². The zero-order valence-corrected chi connectivity index (χ0v) is 16.9. The number of hydrogen-bond acceptors (Lipinski definition) is 3. The molecule has 3 nitrogen and oxygen atoms in total. The molecule has 0 unspecified atom stereocenters. The summed E-state index contributed by atoms with van der Waals surface area (Å²) in [5, 5.41) is 1.06. The van der Waals surface area contributed by atoms with Gasteiger partial charge in [-0.25, -0.2) is 4.98 Å². The summed E-state index contributed by atoms with van der Waals surface area (Å²) in [5.41, 5.74) is 6.65. The molecule has 0 amide bonds. The molecule has 3 heteroatoms. The van der Waals surface area contributed by atoms with Gasteiger partial charge in [-0.2, -0.15) is 0 Å². The highest BCUT2D eigenvalue weighted by Crippen LogP contribution is 2.34. The highest BCUT2D eigenvalue weighted by Gasteiger charge is 2.15. The summed E-state index contributed by atoms with van der Waals surface area (Å²) < 4.78 is 6.23. The smallest absolute Gasteiger partial charge is 0.226 e. The molecule has 1 saturated heterocycles. The fourth-order valence-corrected chi connectivity index (χ4v) is 4.36. The number of benzene rings is 2. The zero-order chi connectivity index (χ0) is 19.6. The van der Waals surface area contributed by atoms with Gasteiger partial charge in [0.15, 0.2) is 0 Å². The number of nitrogens with zero attached hydrogens (tertiary/aromatic N) is 2. The Morgan fingerprint density at radius 2 is 1.66 bits per heavy atom. The molecule has 0 radical (unpaired) electrons. The Morgan fingerprint density at radius 3 is 2.48 bits per heavy atom. The first-order valence-electron chi connectivity index (χ1n) is 10.6. The zero-order valence-electron chi connectivity index (χ0n) is 16.9. The van der Waals surface area contributed by atoms with Gasteiger partial charge in [0.2, 0.25) is 5.71 Å². The molecule has 2 aromatic heterocycles. The summed E-state index contributed by atoms with van der Waals surface area (Å²) in [6.07, 6.45) is 3.94. The van der Waals surface area contributed by atoms with Gasteiger partial charge < -0.3 is 4.42 Å². The maximum atomic E-state index is 6.23. The van der Waals surface area contributed by atoms with E-state index in [2.05, 4.69) is 78.6 Å². The minimum absolute atomic E-state index is 0.735. The predicted octanol–water partition coefficient (Wildman–Crippen LogP) is 6.46. The van der Waals surface area contributed by atoms with Crippen molar-refractivity contribution in [3.63, 3.8) is 0 Å². The van der Waals surface area contributed by atoms with Gasteiger partial charge >= 0.3 is 0 Å². The highest BCUT2D eigenvalue weighted by molar-refractivity contribution is 5.83. The van der Waals surface area contributed by atoms with E-state index in [1.54, 1.807) is 0 Å². The molecule has 0 saturated carbocycles.